The molecular weight excluding hydrogens is 410 g/mol. The maximum absolute atomic E-state index is 13.5. The molecule has 2 fully saturated rings. The van der Waals surface area contributed by atoms with Crippen molar-refractivity contribution < 1.29 is 13.2 Å². The molecule has 0 aliphatic carbocycles. The Balaban J connectivity index is 0.00000240. The lowest BCUT2D eigenvalue weighted by molar-refractivity contribution is 0.0676. The van der Waals surface area contributed by atoms with Crippen LogP contribution >= 0.6 is 12.4 Å². The first-order valence-corrected chi connectivity index (χ1v) is 11.1. The molecule has 4 rings (SSSR count). The second-order valence-corrected chi connectivity index (χ2v) is 9.33. The van der Waals surface area contributed by atoms with E-state index in [-0.39, 0.29) is 40.9 Å². The van der Waals surface area contributed by atoms with E-state index in [0.29, 0.717) is 5.69 Å². The summed E-state index contributed by atoms with van der Waals surface area (Å²) in [7, 11) is -2.34. The number of sulfonamides is 1. The second-order valence-electron chi connectivity index (χ2n) is 7.39. The van der Waals surface area contributed by atoms with Crippen LogP contribution < -0.4 is 9.62 Å². The van der Waals surface area contributed by atoms with Crippen molar-refractivity contribution in [3.05, 3.63) is 60.2 Å². The summed E-state index contributed by atoms with van der Waals surface area (Å²) in [6.07, 6.45) is 2.85. The van der Waals surface area contributed by atoms with Crippen LogP contribution in [0.15, 0.2) is 59.5 Å². The van der Waals surface area contributed by atoms with Crippen molar-refractivity contribution in [3.8, 4) is 0 Å². The number of amides is 1. The molecule has 2 aromatic rings. The number of para-hydroxylation sites is 1. The Bertz CT molecular complexity index is 954. The zero-order valence-corrected chi connectivity index (χ0v) is 18.0. The van der Waals surface area contributed by atoms with Gasteiger partial charge in [-0.25, -0.2) is 8.42 Å². The highest BCUT2D eigenvalue weighted by Crippen LogP contribution is 2.32. The Kier molecular flexibility index (Phi) is 6.51. The van der Waals surface area contributed by atoms with Crippen LogP contribution in [0, 0.1) is 0 Å². The number of nitrogens with one attached hydrogen (secondary N) is 1. The summed E-state index contributed by atoms with van der Waals surface area (Å²) in [5.41, 5.74) is 0.813. The molecule has 2 atom stereocenters. The molecule has 1 N–H and O–H groups in total. The summed E-state index contributed by atoms with van der Waals surface area (Å²) >= 11 is 0. The lowest BCUT2D eigenvalue weighted by Crippen LogP contribution is -2.43. The van der Waals surface area contributed by atoms with E-state index < -0.39 is 10.0 Å². The number of carbonyl (C=O) groups is 1. The van der Waals surface area contributed by atoms with E-state index in [2.05, 4.69) is 5.32 Å². The minimum absolute atomic E-state index is 0. The normalized spacial score (nSPS) is 21.2. The maximum Gasteiger partial charge on any atom is 0.264 e. The summed E-state index contributed by atoms with van der Waals surface area (Å²) in [6.45, 7) is 1.66. The molecule has 0 saturated carbocycles. The molecule has 2 unspecified atom stereocenters. The van der Waals surface area contributed by atoms with Crippen molar-refractivity contribution in [3.63, 3.8) is 0 Å². The third-order valence-electron chi connectivity index (χ3n) is 5.76. The highest BCUT2D eigenvalue weighted by molar-refractivity contribution is 7.92. The smallest absolute Gasteiger partial charge is 0.264 e. The van der Waals surface area contributed by atoms with Crippen LogP contribution in [0.2, 0.25) is 0 Å². The van der Waals surface area contributed by atoms with Crippen LogP contribution in [0.4, 0.5) is 5.69 Å². The van der Waals surface area contributed by atoms with Crippen LogP contribution in [0.5, 0.6) is 0 Å². The molecule has 1 amide bonds. The van der Waals surface area contributed by atoms with E-state index >= 15 is 0 Å². The molecule has 8 heteroatoms. The number of hydrogen-bond acceptors (Lipinski definition) is 4. The van der Waals surface area contributed by atoms with Gasteiger partial charge in [0.15, 0.2) is 0 Å². The van der Waals surface area contributed by atoms with Gasteiger partial charge in [0.05, 0.1) is 11.3 Å². The van der Waals surface area contributed by atoms with Gasteiger partial charge >= 0.3 is 0 Å². The number of anilines is 1. The molecule has 2 bridgehead atoms. The molecule has 0 aromatic heterocycles. The molecule has 2 aliphatic heterocycles. The fraction of sp³-hybridized carbons (Fsp3) is 0.381. The molecule has 29 heavy (non-hydrogen) atoms. The Morgan fingerprint density at radius 1 is 1.00 bits per heavy atom. The molecule has 2 heterocycles. The molecule has 0 radical (unpaired) electrons. The standard InChI is InChI=1S/C21H25N3O3S.ClH/c1-23(16-7-3-2-4-8-16)28(26,27)20-10-6-5-9-19(20)21(25)24-17-11-12-18(24)15-22-14-13-17;/h2-10,17-18,22H,11-15H2,1H3;1H. The monoisotopic (exact) mass is 435 g/mol. The molecule has 0 spiro atoms. The highest BCUT2D eigenvalue weighted by Gasteiger charge is 2.40. The summed E-state index contributed by atoms with van der Waals surface area (Å²) in [5, 5.41) is 3.38. The lowest BCUT2D eigenvalue weighted by Gasteiger charge is -2.29. The van der Waals surface area contributed by atoms with Crippen molar-refractivity contribution in [2.24, 2.45) is 0 Å². The van der Waals surface area contributed by atoms with Gasteiger partial charge in [-0.2, -0.15) is 0 Å². The van der Waals surface area contributed by atoms with E-state index in [1.165, 1.54) is 17.4 Å². The van der Waals surface area contributed by atoms with Gasteiger partial charge in [-0.15, -0.1) is 12.4 Å². The average Bonchev–Trinajstić information content (AvgIpc) is 3.00. The Labute approximate surface area is 178 Å². The molecule has 6 nitrogen and oxygen atoms in total. The third-order valence-corrected chi connectivity index (χ3v) is 7.61. The Morgan fingerprint density at radius 2 is 1.66 bits per heavy atom. The third kappa shape index (κ3) is 3.99. The van der Waals surface area contributed by atoms with Gasteiger partial charge in [0.25, 0.3) is 15.9 Å². The minimum atomic E-state index is -3.86. The fourth-order valence-corrected chi connectivity index (χ4v) is 5.62. The van der Waals surface area contributed by atoms with Crippen molar-refractivity contribution in [1.82, 2.24) is 10.2 Å². The van der Waals surface area contributed by atoms with Crippen molar-refractivity contribution in [2.75, 3.05) is 24.4 Å². The van der Waals surface area contributed by atoms with Crippen LogP contribution in [0.25, 0.3) is 0 Å². The van der Waals surface area contributed by atoms with Crippen molar-refractivity contribution >= 4 is 34.0 Å². The van der Waals surface area contributed by atoms with Gasteiger partial charge in [0.2, 0.25) is 0 Å². The van der Waals surface area contributed by atoms with Gasteiger partial charge in [0.1, 0.15) is 4.90 Å². The predicted octanol–water partition coefficient (Wildman–Crippen LogP) is 2.90. The number of fused-ring (bicyclic) bond motifs is 2. The van der Waals surface area contributed by atoms with E-state index in [0.717, 1.165) is 32.4 Å². The number of benzene rings is 2. The zero-order chi connectivity index (χ0) is 19.7. The number of rotatable bonds is 4. The predicted molar refractivity (Wildman–Crippen MR) is 116 cm³/mol. The summed E-state index contributed by atoms with van der Waals surface area (Å²) in [5.74, 6) is -0.183. The second kappa shape index (κ2) is 8.73. The molecule has 2 aliphatic rings. The van der Waals surface area contributed by atoms with Crippen LogP contribution in [0.3, 0.4) is 0 Å². The zero-order valence-electron chi connectivity index (χ0n) is 16.3. The minimum Gasteiger partial charge on any atom is -0.331 e. The van der Waals surface area contributed by atoms with Crippen molar-refractivity contribution in [1.29, 1.82) is 0 Å². The van der Waals surface area contributed by atoms with E-state index in [9.17, 15) is 13.2 Å². The molecule has 156 valence electrons. The van der Waals surface area contributed by atoms with Gasteiger partial charge in [-0.05, 0) is 50.1 Å². The first-order valence-electron chi connectivity index (χ1n) is 9.66. The average molecular weight is 436 g/mol. The van der Waals surface area contributed by atoms with Gasteiger partial charge in [0, 0.05) is 25.7 Å². The SMILES string of the molecule is CN(c1ccccc1)S(=O)(=O)c1ccccc1C(=O)N1C2CCNCC1CC2.Cl. The van der Waals surface area contributed by atoms with Gasteiger partial charge in [-0.1, -0.05) is 30.3 Å². The topological polar surface area (TPSA) is 69.7 Å². The first kappa shape index (κ1) is 21.6. The lowest BCUT2D eigenvalue weighted by atomic mass is 10.1. The van der Waals surface area contributed by atoms with Crippen LogP contribution in [-0.4, -0.2) is 51.4 Å². The summed E-state index contributed by atoms with van der Waals surface area (Å²) in [6, 6.07) is 15.8. The summed E-state index contributed by atoms with van der Waals surface area (Å²) < 4.78 is 27.9. The Hall–Kier alpha value is -2.09. The molecular formula is C21H26ClN3O3S. The molecule has 2 aromatic carbocycles. The van der Waals surface area contributed by atoms with Gasteiger partial charge < -0.3 is 10.2 Å². The Morgan fingerprint density at radius 3 is 2.41 bits per heavy atom. The van der Waals surface area contributed by atoms with E-state index in [1.807, 2.05) is 11.0 Å². The van der Waals surface area contributed by atoms with Crippen LogP contribution in [-0.2, 0) is 10.0 Å². The number of nitrogens with zero attached hydrogens (tertiary/aromatic N) is 2. The molecule has 2 saturated heterocycles. The van der Waals surface area contributed by atoms with Gasteiger partial charge in [-0.3, -0.25) is 9.10 Å². The van der Waals surface area contributed by atoms with Crippen LogP contribution in [0.1, 0.15) is 29.6 Å². The quantitative estimate of drug-likeness (QED) is 0.801. The largest absolute Gasteiger partial charge is 0.331 e. The van der Waals surface area contributed by atoms with Crippen molar-refractivity contribution in [2.45, 2.75) is 36.2 Å². The maximum atomic E-state index is 13.5. The highest BCUT2D eigenvalue weighted by atomic mass is 35.5. The number of hydrogen-bond donors (Lipinski definition) is 1. The number of carbonyl (C=O) groups excluding carboxylic acids is 1. The first-order chi connectivity index (χ1) is 13.5. The fourth-order valence-electron chi connectivity index (χ4n) is 4.25. The van der Waals surface area contributed by atoms with E-state index in [1.54, 1.807) is 42.5 Å². The number of halogens is 1. The summed E-state index contributed by atoms with van der Waals surface area (Å²) in [4.78, 5) is 15.4. The van der Waals surface area contributed by atoms with E-state index in [4.69, 9.17) is 0 Å².